The summed E-state index contributed by atoms with van der Waals surface area (Å²) in [5, 5.41) is 0. The van der Waals surface area contributed by atoms with Crippen LogP contribution in [0.3, 0.4) is 0 Å². The molecule has 1 saturated heterocycles. The van der Waals surface area contributed by atoms with E-state index in [-0.39, 0.29) is 17.3 Å². The van der Waals surface area contributed by atoms with Crippen LogP contribution in [0.25, 0.3) is 0 Å². The summed E-state index contributed by atoms with van der Waals surface area (Å²) < 4.78 is 28.1. The summed E-state index contributed by atoms with van der Waals surface area (Å²) in [4.78, 5) is 0. The summed E-state index contributed by atoms with van der Waals surface area (Å²) >= 11 is 0. The van der Waals surface area contributed by atoms with Crippen molar-refractivity contribution in [3.05, 3.63) is 0 Å². The first-order valence-electron chi connectivity index (χ1n) is 6.03. The Morgan fingerprint density at radius 2 is 2.19 bits per heavy atom. The van der Waals surface area contributed by atoms with Gasteiger partial charge in [0.2, 0.25) is 9.05 Å². The van der Waals surface area contributed by atoms with Gasteiger partial charge in [0.1, 0.15) is 0 Å². The Kier molecular flexibility index (Phi) is 2.54. The van der Waals surface area contributed by atoms with Crippen molar-refractivity contribution in [2.24, 2.45) is 17.3 Å². The molecule has 1 aliphatic heterocycles. The van der Waals surface area contributed by atoms with E-state index in [9.17, 15) is 8.42 Å². The van der Waals surface area contributed by atoms with Crippen molar-refractivity contribution in [3.63, 3.8) is 0 Å². The molecule has 92 valence electrons. The van der Waals surface area contributed by atoms with Gasteiger partial charge in [-0.1, -0.05) is 6.42 Å². The lowest BCUT2D eigenvalue weighted by molar-refractivity contribution is 0.0337. The molecule has 0 aromatic carbocycles. The first-order valence-corrected chi connectivity index (χ1v) is 8.51. The molecular weight excluding hydrogens is 248 g/mol. The number of halogens is 1. The SMILES string of the molecule is O=S(=O)(Cl)CC1OCCC12CC1CCC2C1. The predicted molar refractivity (Wildman–Crippen MR) is 61.9 cm³/mol. The van der Waals surface area contributed by atoms with E-state index in [0.717, 1.165) is 18.8 Å². The smallest absolute Gasteiger partial charge is 0.235 e. The molecule has 0 radical (unpaired) electrons. The summed E-state index contributed by atoms with van der Waals surface area (Å²) in [6, 6.07) is 0. The Balaban J connectivity index is 1.84. The van der Waals surface area contributed by atoms with E-state index in [0.29, 0.717) is 12.5 Å². The van der Waals surface area contributed by atoms with Crippen LogP contribution in [0.4, 0.5) is 0 Å². The third-order valence-corrected chi connectivity index (χ3v) is 5.98. The zero-order valence-electron chi connectivity index (χ0n) is 9.19. The maximum absolute atomic E-state index is 11.2. The highest BCUT2D eigenvalue weighted by Crippen LogP contribution is 2.61. The summed E-state index contributed by atoms with van der Waals surface area (Å²) in [6.45, 7) is 0.709. The van der Waals surface area contributed by atoms with Crippen molar-refractivity contribution in [2.75, 3.05) is 12.4 Å². The van der Waals surface area contributed by atoms with Gasteiger partial charge in [0.15, 0.2) is 0 Å². The lowest BCUT2D eigenvalue weighted by Gasteiger charge is -2.37. The van der Waals surface area contributed by atoms with Gasteiger partial charge in [0, 0.05) is 22.7 Å². The highest BCUT2D eigenvalue weighted by molar-refractivity contribution is 8.13. The van der Waals surface area contributed by atoms with Crippen LogP contribution in [0.2, 0.25) is 0 Å². The molecular formula is C11H17ClO3S. The van der Waals surface area contributed by atoms with E-state index >= 15 is 0 Å². The van der Waals surface area contributed by atoms with Crippen LogP contribution < -0.4 is 0 Å². The molecule has 2 bridgehead atoms. The van der Waals surface area contributed by atoms with E-state index in [1.165, 1.54) is 19.3 Å². The molecule has 2 saturated carbocycles. The second kappa shape index (κ2) is 3.59. The lowest BCUT2D eigenvalue weighted by Crippen LogP contribution is -2.39. The van der Waals surface area contributed by atoms with E-state index in [1.54, 1.807) is 0 Å². The monoisotopic (exact) mass is 264 g/mol. The molecule has 5 heteroatoms. The molecule has 4 atom stereocenters. The Morgan fingerprint density at radius 1 is 1.38 bits per heavy atom. The minimum Gasteiger partial charge on any atom is -0.377 e. The zero-order chi connectivity index (χ0) is 11.4. The van der Waals surface area contributed by atoms with Crippen LogP contribution in [-0.2, 0) is 13.8 Å². The molecule has 1 heterocycles. The molecule has 3 aliphatic rings. The van der Waals surface area contributed by atoms with E-state index < -0.39 is 9.05 Å². The topological polar surface area (TPSA) is 43.4 Å². The average Bonchev–Trinajstić information content (AvgIpc) is 2.81. The molecule has 0 aromatic rings. The molecule has 4 unspecified atom stereocenters. The summed E-state index contributed by atoms with van der Waals surface area (Å²) in [5.41, 5.74) is 0.144. The maximum Gasteiger partial charge on any atom is 0.235 e. The largest absolute Gasteiger partial charge is 0.377 e. The van der Waals surface area contributed by atoms with Crippen molar-refractivity contribution in [1.29, 1.82) is 0 Å². The fraction of sp³-hybridized carbons (Fsp3) is 1.00. The van der Waals surface area contributed by atoms with E-state index in [4.69, 9.17) is 15.4 Å². The summed E-state index contributed by atoms with van der Waals surface area (Å²) in [7, 11) is 1.93. The molecule has 0 amide bonds. The van der Waals surface area contributed by atoms with Crippen LogP contribution in [-0.4, -0.2) is 26.9 Å². The maximum atomic E-state index is 11.2. The van der Waals surface area contributed by atoms with E-state index in [1.807, 2.05) is 0 Å². The molecule has 3 rings (SSSR count). The highest BCUT2D eigenvalue weighted by atomic mass is 35.7. The van der Waals surface area contributed by atoms with Gasteiger partial charge >= 0.3 is 0 Å². The van der Waals surface area contributed by atoms with Crippen LogP contribution in [0.5, 0.6) is 0 Å². The number of rotatable bonds is 2. The Hall–Kier alpha value is 0.200. The van der Waals surface area contributed by atoms with Gasteiger partial charge in [-0.3, -0.25) is 0 Å². The molecule has 3 nitrogen and oxygen atoms in total. The second-order valence-electron chi connectivity index (χ2n) is 5.63. The van der Waals surface area contributed by atoms with Gasteiger partial charge in [0.25, 0.3) is 0 Å². The van der Waals surface area contributed by atoms with Gasteiger partial charge < -0.3 is 4.74 Å². The van der Waals surface area contributed by atoms with Crippen molar-refractivity contribution in [3.8, 4) is 0 Å². The Bertz CT molecular complexity index is 394. The van der Waals surface area contributed by atoms with Gasteiger partial charge in [0.05, 0.1) is 11.9 Å². The third kappa shape index (κ3) is 1.70. The first kappa shape index (κ1) is 11.3. The second-order valence-corrected chi connectivity index (χ2v) is 8.45. The van der Waals surface area contributed by atoms with Crippen LogP contribution in [0.15, 0.2) is 0 Å². The molecule has 0 aromatic heterocycles. The lowest BCUT2D eigenvalue weighted by atomic mass is 9.69. The molecule has 16 heavy (non-hydrogen) atoms. The standard InChI is InChI=1S/C11H17ClO3S/c12-16(13,14)7-10-11(3-4-15-10)6-8-1-2-9(11)5-8/h8-10H,1-7H2. The molecule has 1 spiro atoms. The minimum absolute atomic E-state index is 0.00221. The third-order valence-electron chi connectivity index (χ3n) is 4.90. The van der Waals surface area contributed by atoms with Gasteiger partial charge in [-0.05, 0) is 37.5 Å². The quantitative estimate of drug-likeness (QED) is 0.718. The van der Waals surface area contributed by atoms with Crippen molar-refractivity contribution in [1.82, 2.24) is 0 Å². The van der Waals surface area contributed by atoms with Crippen molar-refractivity contribution >= 4 is 19.7 Å². The number of hydrogen-bond acceptors (Lipinski definition) is 3. The van der Waals surface area contributed by atoms with Crippen LogP contribution in [0, 0.1) is 17.3 Å². The van der Waals surface area contributed by atoms with Crippen LogP contribution in [0.1, 0.15) is 32.1 Å². The molecule has 3 fully saturated rings. The predicted octanol–water partition coefficient (Wildman–Crippen LogP) is 2.15. The van der Waals surface area contributed by atoms with Crippen molar-refractivity contribution in [2.45, 2.75) is 38.2 Å². The number of ether oxygens (including phenoxy) is 1. The minimum atomic E-state index is -3.44. The molecule has 0 N–H and O–H groups in total. The van der Waals surface area contributed by atoms with Crippen LogP contribution >= 0.6 is 10.7 Å². The summed E-state index contributed by atoms with van der Waals surface area (Å²) in [6.07, 6.45) is 5.91. The first-order chi connectivity index (χ1) is 7.50. The molecule has 2 aliphatic carbocycles. The number of fused-ring (bicyclic) bond motifs is 3. The van der Waals surface area contributed by atoms with Gasteiger partial charge in [-0.15, -0.1) is 0 Å². The van der Waals surface area contributed by atoms with E-state index in [2.05, 4.69) is 0 Å². The fourth-order valence-electron chi connectivity index (χ4n) is 4.30. The summed E-state index contributed by atoms with van der Waals surface area (Å²) in [5.74, 6) is 1.49. The normalized spacial score (nSPS) is 46.9. The zero-order valence-corrected chi connectivity index (χ0v) is 10.8. The Labute approximate surface area is 101 Å². The van der Waals surface area contributed by atoms with Gasteiger partial charge in [-0.25, -0.2) is 8.42 Å². The fourth-order valence-corrected chi connectivity index (χ4v) is 5.43. The van der Waals surface area contributed by atoms with Gasteiger partial charge in [-0.2, -0.15) is 0 Å². The Morgan fingerprint density at radius 3 is 2.75 bits per heavy atom. The number of hydrogen-bond donors (Lipinski definition) is 0. The highest BCUT2D eigenvalue weighted by Gasteiger charge is 2.57. The van der Waals surface area contributed by atoms with Crippen molar-refractivity contribution < 1.29 is 13.2 Å². The average molecular weight is 265 g/mol.